The molecule has 2 aromatic rings. The smallest absolute Gasteiger partial charge is 0.273 e. The summed E-state index contributed by atoms with van der Waals surface area (Å²) in [6.07, 6.45) is 0.729. The van der Waals surface area contributed by atoms with Crippen molar-refractivity contribution in [3.8, 4) is 5.75 Å². The van der Waals surface area contributed by atoms with Crippen molar-refractivity contribution < 1.29 is 13.2 Å². The number of benzene rings is 1. The van der Waals surface area contributed by atoms with Crippen molar-refractivity contribution >= 4 is 10.0 Å². The Bertz CT molecular complexity index is 754. The maximum atomic E-state index is 11.4. The van der Waals surface area contributed by atoms with Crippen molar-refractivity contribution in [2.75, 3.05) is 6.61 Å². The molecule has 1 aromatic heterocycles. The van der Waals surface area contributed by atoms with E-state index in [0.29, 0.717) is 12.4 Å². The third-order valence-corrected chi connectivity index (χ3v) is 4.23. The second-order valence-electron chi connectivity index (χ2n) is 4.76. The van der Waals surface area contributed by atoms with Gasteiger partial charge in [0.15, 0.2) is 0 Å². The van der Waals surface area contributed by atoms with Gasteiger partial charge in [-0.1, -0.05) is 18.2 Å². The third-order valence-electron chi connectivity index (χ3n) is 3.37. The van der Waals surface area contributed by atoms with Crippen molar-refractivity contribution in [1.82, 2.24) is 14.8 Å². The molecule has 0 amide bonds. The molecule has 2 N–H and O–H groups in total. The molecular formula is C12H14N4O3S. The van der Waals surface area contributed by atoms with Gasteiger partial charge in [-0.05, 0) is 18.1 Å². The summed E-state index contributed by atoms with van der Waals surface area (Å²) >= 11 is 0. The molecule has 0 fully saturated rings. The van der Waals surface area contributed by atoms with E-state index in [1.165, 1.54) is 4.57 Å². The molecule has 0 saturated carbocycles. The third kappa shape index (κ3) is 2.16. The van der Waals surface area contributed by atoms with Crippen LogP contribution in [-0.2, 0) is 23.5 Å². The molecule has 8 heteroatoms. The molecule has 1 unspecified atom stereocenters. The van der Waals surface area contributed by atoms with Gasteiger partial charge in [-0.25, -0.2) is 13.6 Å². The van der Waals surface area contributed by atoms with E-state index in [0.717, 1.165) is 17.7 Å². The minimum atomic E-state index is -3.86. The Labute approximate surface area is 116 Å². The second-order valence-corrected chi connectivity index (χ2v) is 6.22. The number of primary sulfonamides is 1. The molecule has 7 nitrogen and oxygen atoms in total. The van der Waals surface area contributed by atoms with Crippen LogP contribution in [0, 0.1) is 0 Å². The van der Waals surface area contributed by atoms with Crippen LogP contribution in [-0.4, -0.2) is 29.8 Å². The number of hydrogen-bond acceptors (Lipinski definition) is 5. The van der Waals surface area contributed by atoms with Crippen molar-refractivity contribution in [1.29, 1.82) is 0 Å². The molecule has 1 atom stereocenters. The summed E-state index contributed by atoms with van der Waals surface area (Å²) in [5.74, 6) is 1.37. The van der Waals surface area contributed by atoms with E-state index in [1.807, 2.05) is 24.3 Å². The standard InChI is InChI=1S/C12H14N4O3S/c1-16-11(14-15-12(16)20(13,17)18)9-6-8-4-2-3-5-10(8)19-7-9/h2-5,9H,6-7H2,1H3,(H2,13,17,18). The number of sulfonamides is 1. The van der Waals surface area contributed by atoms with Gasteiger partial charge in [0.25, 0.3) is 15.2 Å². The average Bonchev–Trinajstić information content (AvgIpc) is 2.80. The summed E-state index contributed by atoms with van der Waals surface area (Å²) in [5, 5.41) is 12.5. The predicted molar refractivity (Wildman–Crippen MR) is 70.8 cm³/mol. The SMILES string of the molecule is Cn1c(C2COc3ccccc3C2)nnc1S(N)(=O)=O. The Balaban J connectivity index is 1.95. The summed E-state index contributed by atoms with van der Waals surface area (Å²) in [4.78, 5) is 0. The zero-order chi connectivity index (χ0) is 14.3. The fraction of sp³-hybridized carbons (Fsp3) is 0.333. The van der Waals surface area contributed by atoms with E-state index in [4.69, 9.17) is 9.88 Å². The van der Waals surface area contributed by atoms with Crippen molar-refractivity contribution in [2.45, 2.75) is 17.5 Å². The van der Waals surface area contributed by atoms with Gasteiger partial charge in [0, 0.05) is 7.05 Å². The first-order valence-electron chi connectivity index (χ1n) is 6.09. The number of fused-ring (bicyclic) bond motifs is 1. The lowest BCUT2D eigenvalue weighted by Gasteiger charge is -2.24. The number of rotatable bonds is 2. The minimum absolute atomic E-state index is 0.0436. The lowest BCUT2D eigenvalue weighted by molar-refractivity contribution is 0.255. The van der Waals surface area contributed by atoms with Gasteiger partial charge >= 0.3 is 0 Å². The quantitative estimate of drug-likeness (QED) is 0.851. The number of hydrogen-bond donors (Lipinski definition) is 1. The number of nitrogens with two attached hydrogens (primary N) is 1. The molecule has 0 radical (unpaired) electrons. The van der Waals surface area contributed by atoms with E-state index < -0.39 is 10.0 Å². The lowest BCUT2D eigenvalue weighted by Crippen LogP contribution is -2.23. The van der Waals surface area contributed by atoms with E-state index in [2.05, 4.69) is 10.2 Å². The number of ether oxygens (including phenoxy) is 1. The summed E-state index contributed by atoms with van der Waals surface area (Å²) in [6.45, 7) is 0.438. The Kier molecular flexibility index (Phi) is 2.98. The Morgan fingerprint density at radius 3 is 2.80 bits per heavy atom. The van der Waals surface area contributed by atoms with Crippen LogP contribution < -0.4 is 9.88 Å². The average molecular weight is 294 g/mol. The van der Waals surface area contributed by atoms with Gasteiger partial charge in [-0.3, -0.25) is 0 Å². The highest BCUT2D eigenvalue weighted by molar-refractivity contribution is 7.89. The van der Waals surface area contributed by atoms with Crippen LogP contribution in [0.25, 0.3) is 0 Å². The summed E-state index contributed by atoms with van der Waals surface area (Å²) in [5.41, 5.74) is 1.07. The van der Waals surface area contributed by atoms with Gasteiger partial charge in [0.1, 0.15) is 11.6 Å². The highest BCUT2D eigenvalue weighted by atomic mass is 32.2. The maximum absolute atomic E-state index is 11.4. The lowest BCUT2D eigenvalue weighted by atomic mass is 9.96. The predicted octanol–water partition coefficient (Wildman–Crippen LogP) is 0.181. The highest BCUT2D eigenvalue weighted by Crippen LogP contribution is 2.31. The molecule has 2 heterocycles. The number of aromatic nitrogens is 3. The van der Waals surface area contributed by atoms with Crippen LogP contribution in [0.15, 0.2) is 29.4 Å². The molecule has 3 rings (SSSR count). The van der Waals surface area contributed by atoms with Crippen LogP contribution in [0.1, 0.15) is 17.3 Å². The molecule has 1 aliphatic heterocycles. The highest BCUT2D eigenvalue weighted by Gasteiger charge is 2.28. The summed E-state index contributed by atoms with van der Waals surface area (Å²) in [7, 11) is -2.27. The van der Waals surface area contributed by atoms with Crippen molar-refractivity contribution in [2.24, 2.45) is 12.2 Å². The van der Waals surface area contributed by atoms with Crippen LogP contribution >= 0.6 is 0 Å². The first-order valence-corrected chi connectivity index (χ1v) is 7.64. The molecule has 0 bridgehead atoms. The van der Waals surface area contributed by atoms with Gasteiger partial charge in [0.2, 0.25) is 0 Å². The molecule has 0 saturated heterocycles. The first kappa shape index (κ1) is 13.1. The Morgan fingerprint density at radius 2 is 2.10 bits per heavy atom. The normalized spacial score (nSPS) is 18.4. The molecule has 1 aliphatic rings. The molecular weight excluding hydrogens is 280 g/mol. The fourth-order valence-corrected chi connectivity index (χ4v) is 3.05. The largest absolute Gasteiger partial charge is 0.493 e. The van der Waals surface area contributed by atoms with Crippen LogP contribution in [0.2, 0.25) is 0 Å². The fourth-order valence-electron chi connectivity index (χ4n) is 2.42. The van der Waals surface area contributed by atoms with Gasteiger partial charge in [0.05, 0.1) is 12.5 Å². The van der Waals surface area contributed by atoms with Crippen molar-refractivity contribution in [3.63, 3.8) is 0 Å². The van der Waals surface area contributed by atoms with Gasteiger partial charge in [-0.2, -0.15) is 0 Å². The molecule has 0 spiro atoms. The molecule has 106 valence electrons. The van der Waals surface area contributed by atoms with E-state index in [9.17, 15) is 8.42 Å². The topological polar surface area (TPSA) is 100 Å². The monoisotopic (exact) mass is 294 g/mol. The second kappa shape index (κ2) is 4.57. The number of para-hydroxylation sites is 1. The Morgan fingerprint density at radius 1 is 1.35 bits per heavy atom. The summed E-state index contributed by atoms with van der Waals surface area (Å²) in [6, 6.07) is 7.76. The number of nitrogens with zero attached hydrogens (tertiary/aromatic N) is 3. The maximum Gasteiger partial charge on any atom is 0.273 e. The van der Waals surface area contributed by atoms with Crippen LogP contribution in [0.5, 0.6) is 5.75 Å². The summed E-state index contributed by atoms with van der Waals surface area (Å²) < 4.78 is 29.8. The Hall–Kier alpha value is -1.93. The zero-order valence-corrected chi connectivity index (χ0v) is 11.7. The van der Waals surface area contributed by atoms with Gasteiger partial charge < -0.3 is 9.30 Å². The van der Waals surface area contributed by atoms with Crippen LogP contribution in [0.3, 0.4) is 0 Å². The zero-order valence-electron chi connectivity index (χ0n) is 10.9. The van der Waals surface area contributed by atoms with E-state index in [1.54, 1.807) is 7.05 Å². The van der Waals surface area contributed by atoms with Crippen LogP contribution in [0.4, 0.5) is 0 Å². The first-order chi connectivity index (χ1) is 9.47. The van der Waals surface area contributed by atoms with Gasteiger partial charge in [-0.15, -0.1) is 10.2 Å². The minimum Gasteiger partial charge on any atom is -0.493 e. The van der Waals surface area contributed by atoms with Crippen molar-refractivity contribution in [3.05, 3.63) is 35.7 Å². The molecule has 20 heavy (non-hydrogen) atoms. The van der Waals surface area contributed by atoms with E-state index >= 15 is 0 Å². The van der Waals surface area contributed by atoms with E-state index in [-0.39, 0.29) is 11.1 Å². The molecule has 1 aromatic carbocycles. The molecule has 0 aliphatic carbocycles.